The maximum atomic E-state index is 12.8. The Bertz CT molecular complexity index is 1070. The number of ether oxygens (including phenoxy) is 3. The highest BCUT2D eigenvalue weighted by molar-refractivity contribution is 14.1. The van der Waals surface area contributed by atoms with E-state index in [0.29, 0.717) is 25.5 Å². The Morgan fingerprint density at radius 2 is 1.88 bits per heavy atom. The van der Waals surface area contributed by atoms with Crippen LogP contribution in [0.4, 0.5) is 4.79 Å². The molecule has 1 saturated heterocycles. The van der Waals surface area contributed by atoms with Gasteiger partial charge in [0.15, 0.2) is 18.1 Å². The van der Waals surface area contributed by atoms with Gasteiger partial charge in [0.05, 0.1) is 28.7 Å². The van der Waals surface area contributed by atoms with Crippen molar-refractivity contribution in [3.8, 4) is 11.5 Å². The number of nitrogens with zero attached hydrogens (tertiary/aromatic N) is 1. The summed E-state index contributed by atoms with van der Waals surface area (Å²) in [6, 6.07) is 11.1. The van der Waals surface area contributed by atoms with Crippen LogP contribution < -0.4 is 9.47 Å². The predicted molar refractivity (Wildman–Crippen MR) is 139 cm³/mol. The molecule has 7 nitrogen and oxygen atoms in total. The smallest absolute Gasteiger partial charge is 0.344 e. The third kappa shape index (κ3) is 6.16. The van der Waals surface area contributed by atoms with Crippen molar-refractivity contribution in [2.45, 2.75) is 13.5 Å². The van der Waals surface area contributed by atoms with Crippen LogP contribution in [-0.4, -0.2) is 42.3 Å². The lowest BCUT2D eigenvalue weighted by molar-refractivity contribution is -0.145. The molecule has 2 aromatic carbocycles. The number of halogens is 2. The largest absolute Gasteiger partial charge is 0.493 e. The van der Waals surface area contributed by atoms with Crippen molar-refractivity contribution in [2.24, 2.45) is 0 Å². The predicted octanol–water partition coefficient (Wildman–Crippen LogP) is 5.08. The van der Waals surface area contributed by atoms with Crippen LogP contribution in [0.5, 0.6) is 11.5 Å². The fraction of sp³-hybridized carbons (Fsp3) is 0.227. The van der Waals surface area contributed by atoms with E-state index in [2.05, 4.69) is 45.2 Å². The number of benzene rings is 2. The third-order valence-corrected chi connectivity index (χ3v) is 6.74. The first-order valence-electron chi connectivity index (χ1n) is 9.48. The highest BCUT2D eigenvalue weighted by Gasteiger charge is 2.35. The van der Waals surface area contributed by atoms with Crippen LogP contribution in [0.2, 0.25) is 0 Å². The van der Waals surface area contributed by atoms with Crippen molar-refractivity contribution in [1.29, 1.82) is 0 Å². The third-order valence-electron chi connectivity index (χ3n) is 4.32. The molecule has 2 aromatic rings. The number of hydrogen-bond acceptors (Lipinski definition) is 7. The number of rotatable bonds is 8. The van der Waals surface area contributed by atoms with Crippen molar-refractivity contribution in [3.63, 3.8) is 0 Å². The van der Waals surface area contributed by atoms with Crippen molar-refractivity contribution in [3.05, 3.63) is 59.6 Å². The molecular formula is C22H19I2NO6S. The van der Waals surface area contributed by atoms with Crippen LogP contribution in [-0.2, 0) is 20.9 Å². The summed E-state index contributed by atoms with van der Waals surface area (Å²) in [5, 5.41) is -0.309. The van der Waals surface area contributed by atoms with Gasteiger partial charge in [-0.15, -0.1) is 0 Å². The van der Waals surface area contributed by atoms with Gasteiger partial charge in [-0.05, 0) is 105 Å². The summed E-state index contributed by atoms with van der Waals surface area (Å²) in [6.45, 7) is 1.98. The minimum atomic E-state index is -0.476. The van der Waals surface area contributed by atoms with Gasteiger partial charge in [-0.25, -0.2) is 4.79 Å². The molecule has 0 aromatic heterocycles. The van der Waals surface area contributed by atoms with Crippen LogP contribution in [0.3, 0.4) is 0 Å². The van der Waals surface area contributed by atoms with Crippen molar-refractivity contribution >= 4 is 80.1 Å². The summed E-state index contributed by atoms with van der Waals surface area (Å²) < 4.78 is 17.6. The monoisotopic (exact) mass is 679 g/mol. The molecule has 1 heterocycles. The average Bonchev–Trinajstić information content (AvgIpc) is 3.01. The Labute approximate surface area is 217 Å². The quantitative estimate of drug-likeness (QED) is 0.219. The minimum absolute atomic E-state index is 0.223. The van der Waals surface area contributed by atoms with E-state index in [1.807, 2.05) is 24.3 Å². The molecule has 1 aliphatic heterocycles. The van der Waals surface area contributed by atoms with Gasteiger partial charge in [0.25, 0.3) is 11.1 Å². The van der Waals surface area contributed by atoms with E-state index in [0.717, 1.165) is 20.9 Å². The molecule has 0 bridgehead atoms. The summed E-state index contributed by atoms with van der Waals surface area (Å²) >= 11 is 5.17. The lowest BCUT2D eigenvalue weighted by Crippen LogP contribution is -2.27. The van der Waals surface area contributed by atoms with Crippen LogP contribution in [0, 0.1) is 7.14 Å². The zero-order valence-corrected chi connectivity index (χ0v) is 22.4. The second kappa shape index (κ2) is 11.4. The first-order chi connectivity index (χ1) is 15.3. The maximum Gasteiger partial charge on any atom is 0.344 e. The van der Waals surface area contributed by atoms with Crippen LogP contribution in [0.1, 0.15) is 18.1 Å². The molecule has 0 N–H and O–H groups in total. The summed E-state index contributed by atoms with van der Waals surface area (Å²) in [5.74, 6) is 0.00192. The van der Waals surface area contributed by atoms with E-state index < -0.39 is 5.97 Å². The molecule has 168 valence electrons. The minimum Gasteiger partial charge on any atom is -0.493 e. The second-order valence-electron chi connectivity index (χ2n) is 6.52. The lowest BCUT2D eigenvalue weighted by Gasteiger charge is -2.13. The first-order valence-corrected chi connectivity index (χ1v) is 12.5. The molecule has 0 spiro atoms. The zero-order chi connectivity index (χ0) is 23.3. The van der Waals surface area contributed by atoms with E-state index in [4.69, 9.17) is 14.2 Å². The molecule has 1 aliphatic rings. The topological polar surface area (TPSA) is 82.1 Å². The number of hydrogen-bond donors (Lipinski definition) is 0. The van der Waals surface area contributed by atoms with Gasteiger partial charge in [-0.2, -0.15) is 0 Å². The van der Waals surface area contributed by atoms with Crippen LogP contribution in [0.25, 0.3) is 6.08 Å². The molecule has 0 unspecified atom stereocenters. The fourth-order valence-electron chi connectivity index (χ4n) is 2.86. The normalized spacial score (nSPS) is 14.8. The molecule has 2 amide bonds. The Hall–Kier alpha value is -1.80. The standard InChI is InChI=1S/C22H19I2NO6S/c1-3-30-19(26)12-31-20-16(24)8-14(9-17(20)29-2)10-18-21(27)25(22(28)32-18)11-13-4-6-15(23)7-5-13/h4-10H,3,11-12H2,1-2H3/b18-10-. The van der Waals surface area contributed by atoms with Gasteiger partial charge in [-0.1, -0.05) is 12.1 Å². The molecule has 0 aliphatic carbocycles. The molecule has 3 rings (SSSR count). The Kier molecular flexibility index (Phi) is 8.82. The number of methoxy groups -OCH3 is 1. The average molecular weight is 679 g/mol. The van der Waals surface area contributed by atoms with Gasteiger partial charge < -0.3 is 14.2 Å². The number of carbonyl (C=O) groups excluding carboxylic acids is 3. The number of amides is 2. The summed E-state index contributed by atoms with van der Waals surface area (Å²) in [6.07, 6.45) is 1.65. The van der Waals surface area contributed by atoms with E-state index in [9.17, 15) is 14.4 Å². The van der Waals surface area contributed by atoms with E-state index in [-0.39, 0.29) is 30.9 Å². The molecule has 0 saturated carbocycles. The lowest BCUT2D eigenvalue weighted by atomic mass is 10.1. The Balaban J connectivity index is 1.79. The van der Waals surface area contributed by atoms with Gasteiger partial charge in [0.1, 0.15) is 0 Å². The molecule has 10 heteroatoms. The number of imide groups is 1. The molecule has 0 atom stereocenters. The van der Waals surface area contributed by atoms with Crippen LogP contribution in [0.15, 0.2) is 41.3 Å². The molecular weight excluding hydrogens is 660 g/mol. The number of esters is 1. The highest BCUT2D eigenvalue weighted by Crippen LogP contribution is 2.37. The van der Waals surface area contributed by atoms with Crippen molar-refractivity contribution in [2.75, 3.05) is 20.3 Å². The first kappa shape index (κ1) is 24.8. The van der Waals surface area contributed by atoms with E-state index in [1.165, 1.54) is 12.0 Å². The Morgan fingerprint density at radius 1 is 1.16 bits per heavy atom. The van der Waals surface area contributed by atoms with E-state index >= 15 is 0 Å². The van der Waals surface area contributed by atoms with Gasteiger partial charge >= 0.3 is 5.97 Å². The molecule has 1 fully saturated rings. The van der Waals surface area contributed by atoms with Crippen LogP contribution >= 0.6 is 56.9 Å². The van der Waals surface area contributed by atoms with E-state index in [1.54, 1.807) is 25.1 Å². The molecule has 32 heavy (non-hydrogen) atoms. The summed E-state index contributed by atoms with van der Waals surface area (Å²) in [7, 11) is 1.49. The Morgan fingerprint density at radius 3 is 2.53 bits per heavy atom. The molecule has 0 radical (unpaired) electrons. The zero-order valence-electron chi connectivity index (χ0n) is 17.2. The SMILES string of the molecule is CCOC(=O)COc1c(I)cc(/C=C2\SC(=O)N(Cc3ccc(I)cc3)C2=O)cc1OC. The summed E-state index contributed by atoms with van der Waals surface area (Å²) in [4.78, 5) is 38.4. The van der Waals surface area contributed by atoms with Crippen molar-refractivity contribution < 1.29 is 28.6 Å². The number of thioether (sulfide) groups is 1. The van der Waals surface area contributed by atoms with Gasteiger partial charge in [0, 0.05) is 3.57 Å². The van der Waals surface area contributed by atoms with Gasteiger partial charge in [-0.3, -0.25) is 14.5 Å². The fourth-order valence-corrected chi connectivity index (χ4v) is 4.84. The second-order valence-corrected chi connectivity index (χ2v) is 9.92. The van der Waals surface area contributed by atoms with Gasteiger partial charge in [0.2, 0.25) is 0 Å². The number of carbonyl (C=O) groups is 3. The van der Waals surface area contributed by atoms with Crippen molar-refractivity contribution in [1.82, 2.24) is 4.90 Å². The maximum absolute atomic E-state index is 12.8. The highest BCUT2D eigenvalue weighted by atomic mass is 127. The summed E-state index contributed by atoms with van der Waals surface area (Å²) in [5.41, 5.74) is 1.56.